The smallest absolute Gasteiger partial charge is 0.214 e. The molecule has 1 N–H and O–H groups in total. The van der Waals surface area contributed by atoms with E-state index in [1.165, 1.54) is 0 Å². The summed E-state index contributed by atoms with van der Waals surface area (Å²) in [6.45, 7) is 2.59. The summed E-state index contributed by atoms with van der Waals surface area (Å²) in [7, 11) is 3.69. The minimum absolute atomic E-state index is 0.0209. The molecule has 0 aliphatic carbocycles. The second kappa shape index (κ2) is 8.26. The van der Waals surface area contributed by atoms with Crippen LogP contribution in [-0.2, 0) is 18.3 Å². The van der Waals surface area contributed by atoms with Crippen molar-refractivity contribution in [1.82, 2.24) is 25.0 Å². The molecule has 0 amide bonds. The Morgan fingerprint density at radius 1 is 1.29 bits per heavy atom. The fraction of sp³-hybridized carbons (Fsp3) is 0.350. The normalized spacial score (nSPS) is 17.7. The fourth-order valence-corrected chi connectivity index (χ4v) is 3.26. The van der Waals surface area contributed by atoms with Crippen molar-refractivity contribution in [3.8, 4) is 11.3 Å². The average molecular weight is 380 g/mol. The molecule has 3 heterocycles. The van der Waals surface area contributed by atoms with Crippen molar-refractivity contribution in [3.63, 3.8) is 0 Å². The van der Waals surface area contributed by atoms with Gasteiger partial charge in [-0.25, -0.2) is 4.98 Å². The Morgan fingerprint density at radius 2 is 2.14 bits per heavy atom. The topological polar surface area (TPSA) is 80.7 Å². The minimum atomic E-state index is -0.0209. The first-order valence-corrected chi connectivity index (χ1v) is 9.29. The highest BCUT2D eigenvalue weighted by molar-refractivity contribution is 5.80. The third-order valence-corrected chi connectivity index (χ3v) is 4.68. The van der Waals surface area contributed by atoms with Crippen molar-refractivity contribution in [1.29, 1.82) is 0 Å². The van der Waals surface area contributed by atoms with Gasteiger partial charge >= 0.3 is 0 Å². The number of guanidine groups is 1. The van der Waals surface area contributed by atoms with Gasteiger partial charge in [0.1, 0.15) is 6.10 Å². The standard InChI is InChI=1S/C20H24N6O2/c1-21-20(26-8-9-27-18(14-26)16-10-24-25(2)13-16)23-12-19-22-11-17(28-19)15-6-4-3-5-7-15/h3-7,10-11,13,18H,8-9,12,14H2,1-2H3,(H,21,23). The van der Waals surface area contributed by atoms with Crippen LogP contribution in [0.25, 0.3) is 11.3 Å². The van der Waals surface area contributed by atoms with Gasteiger partial charge in [0.25, 0.3) is 0 Å². The number of aliphatic imine (C=N–C) groups is 1. The highest BCUT2D eigenvalue weighted by Crippen LogP contribution is 2.22. The number of nitrogens with zero attached hydrogens (tertiary/aromatic N) is 5. The van der Waals surface area contributed by atoms with E-state index >= 15 is 0 Å². The van der Waals surface area contributed by atoms with Gasteiger partial charge in [0, 0.05) is 38.0 Å². The van der Waals surface area contributed by atoms with Gasteiger partial charge in [0.05, 0.1) is 32.1 Å². The molecule has 4 rings (SSSR count). The van der Waals surface area contributed by atoms with E-state index in [0.29, 0.717) is 25.6 Å². The summed E-state index contributed by atoms with van der Waals surface area (Å²) in [5.41, 5.74) is 2.08. The molecule has 1 fully saturated rings. The van der Waals surface area contributed by atoms with E-state index in [4.69, 9.17) is 9.15 Å². The van der Waals surface area contributed by atoms with Crippen molar-refractivity contribution in [2.45, 2.75) is 12.6 Å². The molecule has 28 heavy (non-hydrogen) atoms. The molecule has 146 valence electrons. The van der Waals surface area contributed by atoms with E-state index in [2.05, 4.69) is 25.3 Å². The summed E-state index contributed by atoms with van der Waals surface area (Å²) in [5.74, 6) is 2.18. The molecule has 1 aliphatic heterocycles. The third kappa shape index (κ3) is 4.07. The van der Waals surface area contributed by atoms with Gasteiger partial charge < -0.3 is 19.4 Å². The van der Waals surface area contributed by atoms with E-state index in [-0.39, 0.29) is 6.10 Å². The maximum Gasteiger partial charge on any atom is 0.214 e. The lowest BCUT2D eigenvalue weighted by Gasteiger charge is -2.34. The second-order valence-corrected chi connectivity index (χ2v) is 6.64. The number of aromatic nitrogens is 3. The van der Waals surface area contributed by atoms with Gasteiger partial charge in [-0.15, -0.1) is 0 Å². The summed E-state index contributed by atoms with van der Waals surface area (Å²) >= 11 is 0. The van der Waals surface area contributed by atoms with E-state index in [1.807, 2.05) is 49.8 Å². The first kappa shape index (κ1) is 18.2. The van der Waals surface area contributed by atoms with Crippen LogP contribution in [0.5, 0.6) is 0 Å². The number of hydrogen-bond acceptors (Lipinski definition) is 5. The number of morpholine rings is 1. The Kier molecular flexibility index (Phi) is 5.38. The van der Waals surface area contributed by atoms with Gasteiger partial charge in [0.2, 0.25) is 5.89 Å². The quantitative estimate of drug-likeness (QED) is 0.552. The Balaban J connectivity index is 1.38. The minimum Gasteiger partial charge on any atom is -0.439 e. The molecular weight excluding hydrogens is 356 g/mol. The Morgan fingerprint density at radius 3 is 2.89 bits per heavy atom. The SMILES string of the molecule is CN=C(NCc1ncc(-c2ccccc2)o1)N1CCOC(c2cnn(C)c2)C1. The molecule has 1 aromatic carbocycles. The van der Waals surface area contributed by atoms with Crippen LogP contribution in [0.2, 0.25) is 0 Å². The first-order valence-electron chi connectivity index (χ1n) is 9.29. The second-order valence-electron chi connectivity index (χ2n) is 6.64. The van der Waals surface area contributed by atoms with Crippen LogP contribution in [0, 0.1) is 0 Å². The lowest BCUT2D eigenvalue weighted by molar-refractivity contribution is -0.00808. The predicted molar refractivity (Wildman–Crippen MR) is 106 cm³/mol. The highest BCUT2D eigenvalue weighted by atomic mass is 16.5. The van der Waals surface area contributed by atoms with Crippen molar-refractivity contribution in [3.05, 3.63) is 60.4 Å². The fourth-order valence-electron chi connectivity index (χ4n) is 3.26. The zero-order valence-electron chi connectivity index (χ0n) is 16.1. The number of oxazole rings is 1. The Bertz CT molecular complexity index is 933. The molecule has 0 saturated carbocycles. The number of benzene rings is 1. The van der Waals surface area contributed by atoms with Crippen LogP contribution < -0.4 is 5.32 Å². The summed E-state index contributed by atoms with van der Waals surface area (Å²) in [6, 6.07) is 9.95. The Hall–Kier alpha value is -3.13. The molecule has 8 heteroatoms. The number of ether oxygens (including phenoxy) is 1. The molecular formula is C20H24N6O2. The molecule has 1 saturated heterocycles. The van der Waals surface area contributed by atoms with Crippen molar-refractivity contribution >= 4 is 5.96 Å². The molecule has 0 spiro atoms. The van der Waals surface area contributed by atoms with Crippen LogP contribution in [0.1, 0.15) is 17.6 Å². The summed E-state index contributed by atoms with van der Waals surface area (Å²) in [5, 5.41) is 7.58. The molecule has 3 aromatic rings. The molecule has 1 aliphatic rings. The first-order chi connectivity index (χ1) is 13.7. The van der Waals surface area contributed by atoms with Crippen molar-refractivity contribution in [2.75, 3.05) is 26.7 Å². The van der Waals surface area contributed by atoms with E-state index < -0.39 is 0 Å². The maximum atomic E-state index is 5.91. The molecule has 8 nitrogen and oxygen atoms in total. The van der Waals surface area contributed by atoms with Crippen LogP contribution in [0.4, 0.5) is 0 Å². The molecule has 2 aromatic heterocycles. The van der Waals surface area contributed by atoms with Crippen LogP contribution >= 0.6 is 0 Å². The summed E-state index contributed by atoms with van der Waals surface area (Å²) in [4.78, 5) is 11.0. The highest BCUT2D eigenvalue weighted by Gasteiger charge is 2.25. The number of hydrogen-bond donors (Lipinski definition) is 1. The van der Waals surface area contributed by atoms with Crippen molar-refractivity contribution in [2.24, 2.45) is 12.0 Å². The molecule has 1 unspecified atom stereocenters. The van der Waals surface area contributed by atoms with Gasteiger partial charge in [-0.1, -0.05) is 30.3 Å². The zero-order chi connectivity index (χ0) is 19.3. The van der Waals surface area contributed by atoms with Gasteiger partial charge in [0.15, 0.2) is 11.7 Å². The monoisotopic (exact) mass is 380 g/mol. The zero-order valence-corrected chi connectivity index (χ0v) is 16.1. The molecule has 0 radical (unpaired) electrons. The van der Waals surface area contributed by atoms with E-state index in [0.717, 1.165) is 29.4 Å². The molecule has 0 bridgehead atoms. The van der Waals surface area contributed by atoms with Crippen LogP contribution in [-0.4, -0.2) is 52.4 Å². The summed E-state index contributed by atoms with van der Waals surface area (Å²) in [6.07, 6.45) is 5.57. The number of aryl methyl sites for hydroxylation is 1. The van der Waals surface area contributed by atoms with E-state index in [9.17, 15) is 0 Å². The third-order valence-electron chi connectivity index (χ3n) is 4.68. The Labute approximate surface area is 163 Å². The van der Waals surface area contributed by atoms with E-state index in [1.54, 1.807) is 17.9 Å². The predicted octanol–water partition coefficient (Wildman–Crippen LogP) is 2.22. The maximum absolute atomic E-state index is 5.91. The number of rotatable bonds is 4. The lowest BCUT2D eigenvalue weighted by atomic mass is 10.1. The average Bonchev–Trinajstić information content (AvgIpc) is 3.39. The van der Waals surface area contributed by atoms with Gasteiger partial charge in [-0.3, -0.25) is 9.67 Å². The van der Waals surface area contributed by atoms with Crippen LogP contribution in [0.3, 0.4) is 0 Å². The summed E-state index contributed by atoms with van der Waals surface area (Å²) < 4.78 is 13.6. The van der Waals surface area contributed by atoms with Gasteiger partial charge in [-0.05, 0) is 0 Å². The van der Waals surface area contributed by atoms with Crippen molar-refractivity contribution < 1.29 is 9.15 Å². The lowest BCUT2D eigenvalue weighted by Crippen LogP contribution is -2.47. The van der Waals surface area contributed by atoms with Crippen LogP contribution in [0.15, 0.2) is 58.3 Å². The van der Waals surface area contributed by atoms with Gasteiger partial charge in [-0.2, -0.15) is 5.10 Å². The largest absolute Gasteiger partial charge is 0.439 e. The molecule has 1 atom stereocenters. The number of nitrogens with one attached hydrogen (secondary N) is 1.